The van der Waals surface area contributed by atoms with E-state index in [0.29, 0.717) is 34.3 Å². The SMILES string of the molecule is CCCO[C@H](c1cccc(-c2csc(NC(=O)c3cc(Cl)c(C=C(C)C(=O)OCC)c(Cl)c3)n2)c1OC)C(C)(C)C. The van der Waals surface area contributed by atoms with Gasteiger partial charge in [-0.15, -0.1) is 11.3 Å². The zero-order valence-corrected chi connectivity index (χ0v) is 26.7. The number of hydrogen-bond acceptors (Lipinski definition) is 7. The fourth-order valence-corrected chi connectivity index (χ4v) is 5.53. The number of nitrogens with zero attached hydrogens (tertiary/aromatic N) is 1. The molecule has 3 aromatic rings. The Morgan fingerprint density at radius 3 is 2.41 bits per heavy atom. The van der Waals surface area contributed by atoms with Crippen molar-refractivity contribution in [3.63, 3.8) is 0 Å². The summed E-state index contributed by atoms with van der Waals surface area (Å²) < 4.78 is 17.1. The molecule has 1 aromatic heterocycles. The molecular formula is C31H36Cl2N2O5S. The Balaban J connectivity index is 1.87. The van der Waals surface area contributed by atoms with Gasteiger partial charge in [-0.05, 0) is 50.0 Å². The summed E-state index contributed by atoms with van der Waals surface area (Å²) in [5.74, 6) is -0.202. The summed E-state index contributed by atoms with van der Waals surface area (Å²) >= 11 is 14.2. The maximum atomic E-state index is 13.1. The Morgan fingerprint density at radius 2 is 1.83 bits per heavy atom. The molecule has 0 radical (unpaired) electrons. The van der Waals surface area contributed by atoms with Crippen molar-refractivity contribution in [2.75, 3.05) is 25.6 Å². The highest BCUT2D eigenvalue weighted by molar-refractivity contribution is 7.14. The molecule has 220 valence electrons. The molecule has 0 saturated carbocycles. The summed E-state index contributed by atoms with van der Waals surface area (Å²) in [4.78, 5) is 29.7. The first-order chi connectivity index (χ1) is 19.4. The number of para-hydroxylation sites is 1. The van der Waals surface area contributed by atoms with Crippen molar-refractivity contribution in [3.8, 4) is 17.0 Å². The first-order valence-corrected chi connectivity index (χ1v) is 14.9. The number of ether oxygens (including phenoxy) is 3. The second-order valence-corrected chi connectivity index (χ2v) is 12.1. The molecule has 0 spiro atoms. The molecule has 0 saturated heterocycles. The van der Waals surface area contributed by atoms with Crippen LogP contribution < -0.4 is 10.1 Å². The van der Waals surface area contributed by atoms with Gasteiger partial charge >= 0.3 is 5.97 Å². The van der Waals surface area contributed by atoms with Crippen molar-refractivity contribution in [1.29, 1.82) is 0 Å². The number of methoxy groups -OCH3 is 1. The van der Waals surface area contributed by atoms with E-state index in [1.807, 2.05) is 23.6 Å². The molecule has 41 heavy (non-hydrogen) atoms. The van der Waals surface area contributed by atoms with Crippen LogP contribution >= 0.6 is 34.5 Å². The third kappa shape index (κ3) is 8.10. The molecule has 1 atom stereocenters. The number of aromatic nitrogens is 1. The number of anilines is 1. The average molecular weight is 620 g/mol. The van der Waals surface area contributed by atoms with Crippen LogP contribution in [0.4, 0.5) is 5.13 Å². The fourth-order valence-electron chi connectivity index (χ4n) is 4.23. The zero-order valence-electron chi connectivity index (χ0n) is 24.4. The third-order valence-corrected chi connectivity index (χ3v) is 7.49. The van der Waals surface area contributed by atoms with Crippen molar-refractivity contribution in [1.82, 2.24) is 4.98 Å². The van der Waals surface area contributed by atoms with E-state index < -0.39 is 11.9 Å². The van der Waals surface area contributed by atoms with E-state index in [0.717, 1.165) is 17.5 Å². The van der Waals surface area contributed by atoms with E-state index in [9.17, 15) is 9.59 Å². The van der Waals surface area contributed by atoms with Gasteiger partial charge in [0.2, 0.25) is 0 Å². The van der Waals surface area contributed by atoms with E-state index in [-0.39, 0.29) is 33.7 Å². The molecule has 0 aliphatic carbocycles. The highest BCUT2D eigenvalue weighted by Crippen LogP contribution is 2.44. The first-order valence-electron chi connectivity index (χ1n) is 13.3. The van der Waals surface area contributed by atoms with E-state index >= 15 is 0 Å². The highest BCUT2D eigenvalue weighted by atomic mass is 35.5. The lowest BCUT2D eigenvalue weighted by Crippen LogP contribution is -2.22. The van der Waals surface area contributed by atoms with Crippen LogP contribution in [0, 0.1) is 5.41 Å². The number of thiazole rings is 1. The number of nitrogens with one attached hydrogen (secondary N) is 1. The molecule has 0 unspecified atom stereocenters. The van der Waals surface area contributed by atoms with Gasteiger partial charge in [0.25, 0.3) is 5.91 Å². The van der Waals surface area contributed by atoms with Crippen molar-refractivity contribution >= 4 is 57.6 Å². The molecule has 2 aromatic carbocycles. The second-order valence-electron chi connectivity index (χ2n) is 10.4. The number of carbonyl (C=O) groups is 2. The van der Waals surface area contributed by atoms with Crippen LogP contribution in [0.5, 0.6) is 5.75 Å². The van der Waals surface area contributed by atoms with Crippen LogP contribution in [-0.4, -0.2) is 37.2 Å². The molecule has 0 bridgehead atoms. The number of hydrogen-bond donors (Lipinski definition) is 1. The molecule has 0 fully saturated rings. The standard InChI is InChI=1S/C31H36Cl2N2O5S/c1-8-13-40-27(31(4,5)6)21-12-10-11-20(26(21)38-7)25-17-41-30(34-25)35-28(36)19-15-23(32)22(24(33)16-19)14-18(3)29(37)39-9-2/h10-12,14-17,27H,8-9,13H2,1-7H3,(H,34,35,36)/t27-/m1/s1. The molecule has 1 N–H and O–H groups in total. The van der Waals surface area contributed by atoms with Crippen LogP contribution in [0.15, 0.2) is 41.3 Å². The number of benzene rings is 2. The maximum absolute atomic E-state index is 13.1. The predicted molar refractivity (Wildman–Crippen MR) is 167 cm³/mol. The van der Waals surface area contributed by atoms with Crippen LogP contribution in [0.2, 0.25) is 10.0 Å². The summed E-state index contributed by atoms with van der Waals surface area (Å²) in [6, 6.07) is 8.91. The quantitative estimate of drug-likeness (QED) is 0.170. The van der Waals surface area contributed by atoms with Gasteiger partial charge in [-0.25, -0.2) is 9.78 Å². The van der Waals surface area contributed by atoms with Gasteiger partial charge in [0.05, 0.1) is 35.6 Å². The Hall–Kier alpha value is -2.91. The molecule has 1 amide bonds. The molecule has 10 heteroatoms. The minimum absolute atomic E-state index is 0.159. The third-order valence-electron chi connectivity index (χ3n) is 6.11. The predicted octanol–water partition coefficient (Wildman–Crippen LogP) is 8.86. The lowest BCUT2D eigenvalue weighted by molar-refractivity contribution is -0.138. The smallest absolute Gasteiger partial charge is 0.333 e. The minimum Gasteiger partial charge on any atom is -0.496 e. The monoisotopic (exact) mass is 618 g/mol. The topological polar surface area (TPSA) is 86.8 Å². The van der Waals surface area contributed by atoms with E-state index in [2.05, 4.69) is 38.0 Å². The van der Waals surface area contributed by atoms with Gasteiger partial charge < -0.3 is 14.2 Å². The molecular weight excluding hydrogens is 583 g/mol. The van der Waals surface area contributed by atoms with Gasteiger partial charge in [-0.2, -0.15) is 0 Å². The fraction of sp³-hybridized carbons (Fsp3) is 0.387. The summed E-state index contributed by atoms with van der Waals surface area (Å²) in [5, 5.41) is 5.54. The molecule has 1 heterocycles. The van der Waals surface area contributed by atoms with Crippen LogP contribution in [0.25, 0.3) is 17.3 Å². The lowest BCUT2D eigenvalue weighted by atomic mass is 9.83. The van der Waals surface area contributed by atoms with Crippen LogP contribution in [0.1, 0.15) is 75.6 Å². The number of rotatable bonds is 11. The molecule has 7 nitrogen and oxygen atoms in total. The van der Waals surface area contributed by atoms with Crippen LogP contribution in [-0.2, 0) is 14.3 Å². The maximum Gasteiger partial charge on any atom is 0.333 e. The van der Waals surface area contributed by atoms with Crippen molar-refractivity contribution in [2.24, 2.45) is 5.41 Å². The second kappa shape index (κ2) is 14.3. The van der Waals surface area contributed by atoms with Crippen molar-refractivity contribution < 1.29 is 23.8 Å². The first kappa shape index (κ1) is 32.6. The Bertz CT molecular complexity index is 1410. The summed E-state index contributed by atoms with van der Waals surface area (Å²) in [5.41, 5.74) is 3.27. The molecule has 0 aliphatic rings. The van der Waals surface area contributed by atoms with Gasteiger partial charge in [0, 0.05) is 39.8 Å². The van der Waals surface area contributed by atoms with E-state index in [1.54, 1.807) is 21.0 Å². The number of esters is 1. The Labute approximate surface area is 255 Å². The van der Waals surface area contributed by atoms with Gasteiger partial charge in [0.1, 0.15) is 5.75 Å². The average Bonchev–Trinajstić information content (AvgIpc) is 3.38. The highest BCUT2D eigenvalue weighted by Gasteiger charge is 2.31. The van der Waals surface area contributed by atoms with Crippen molar-refractivity contribution in [2.45, 2.75) is 54.1 Å². The number of halogens is 2. The lowest BCUT2D eigenvalue weighted by Gasteiger charge is -2.32. The van der Waals surface area contributed by atoms with Gasteiger partial charge in [-0.3, -0.25) is 10.1 Å². The largest absolute Gasteiger partial charge is 0.496 e. The molecule has 3 rings (SSSR count). The normalized spacial score (nSPS) is 12.7. The summed E-state index contributed by atoms with van der Waals surface area (Å²) in [6.07, 6.45) is 2.27. The van der Waals surface area contributed by atoms with E-state index in [1.165, 1.54) is 29.5 Å². The van der Waals surface area contributed by atoms with Gasteiger partial charge in [-0.1, -0.05) is 63.0 Å². The van der Waals surface area contributed by atoms with Gasteiger partial charge in [0.15, 0.2) is 5.13 Å². The van der Waals surface area contributed by atoms with Crippen LogP contribution in [0.3, 0.4) is 0 Å². The van der Waals surface area contributed by atoms with Crippen molar-refractivity contribution in [3.05, 3.63) is 68.0 Å². The zero-order chi connectivity index (χ0) is 30.3. The number of amides is 1. The minimum atomic E-state index is -0.467. The summed E-state index contributed by atoms with van der Waals surface area (Å²) in [7, 11) is 1.64. The Kier molecular flexibility index (Phi) is 11.4. The Morgan fingerprint density at radius 1 is 1.15 bits per heavy atom. The summed E-state index contributed by atoms with van der Waals surface area (Å²) in [6.45, 7) is 12.7. The number of carbonyl (C=O) groups excluding carboxylic acids is 2. The molecule has 0 aliphatic heterocycles. The van der Waals surface area contributed by atoms with E-state index in [4.69, 9.17) is 37.4 Å².